The molecule has 0 aromatic carbocycles. The minimum Gasteiger partial charge on any atom is -0.303 e. The maximum Gasteiger partial charge on any atom is 0.168 e. The van der Waals surface area contributed by atoms with Crippen molar-refractivity contribution in [3.8, 4) is 0 Å². The van der Waals surface area contributed by atoms with Crippen molar-refractivity contribution in [3.05, 3.63) is 12.2 Å². The summed E-state index contributed by atoms with van der Waals surface area (Å²) in [6, 6.07) is 0. The Kier molecular flexibility index (Phi) is 3.33. The number of allylic oxidation sites excluding steroid dienone is 2. The van der Waals surface area contributed by atoms with Crippen molar-refractivity contribution in [2.24, 2.45) is 5.41 Å². The molecule has 3 heteroatoms. The highest BCUT2D eigenvalue weighted by Crippen LogP contribution is 2.35. The minimum absolute atomic E-state index is 0.117. The molecule has 3 nitrogen and oxygen atoms in total. The van der Waals surface area contributed by atoms with Gasteiger partial charge in [0.15, 0.2) is 5.78 Å². The Morgan fingerprint density at radius 2 is 2.36 bits per heavy atom. The van der Waals surface area contributed by atoms with Gasteiger partial charge < -0.3 is 4.79 Å². The molecule has 0 heterocycles. The quantitative estimate of drug-likeness (QED) is 0.503. The Balaban J connectivity index is 2.91. The lowest BCUT2D eigenvalue weighted by molar-refractivity contribution is -0.138. The Morgan fingerprint density at radius 3 is 2.86 bits per heavy atom. The SMILES string of the molecule is CC(=O)C1(CCC=O)CCC=CC1=O. The highest BCUT2D eigenvalue weighted by atomic mass is 16.2. The zero-order valence-corrected chi connectivity index (χ0v) is 8.29. The van der Waals surface area contributed by atoms with E-state index in [2.05, 4.69) is 0 Å². The molecule has 0 saturated heterocycles. The fraction of sp³-hybridized carbons (Fsp3) is 0.545. The van der Waals surface area contributed by atoms with E-state index >= 15 is 0 Å². The zero-order chi connectivity index (χ0) is 10.6. The summed E-state index contributed by atoms with van der Waals surface area (Å²) in [6.07, 6.45) is 5.93. The molecule has 76 valence electrons. The average Bonchev–Trinajstić information content (AvgIpc) is 2.16. The van der Waals surface area contributed by atoms with Crippen LogP contribution < -0.4 is 0 Å². The predicted molar refractivity (Wildman–Crippen MR) is 51.8 cm³/mol. The third kappa shape index (κ3) is 1.81. The highest BCUT2D eigenvalue weighted by Gasteiger charge is 2.41. The molecule has 0 spiro atoms. The molecule has 0 N–H and O–H groups in total. The van der Waals surface area contributed by atoms with Crippen LogP contribution in [-0.4, -0.2) is 17.9 Å². The summed E-state index contributed by atoms with van der Waals surface area (Å²) < 4.78 is 0. The van der Waals surface area contributed by atoms with Gasteiger partial charge in [-0.15, -0.1) is 0 Å². The summed E-state index contributed by atoms with van der Waals surface area (Å²) in [5.41, 5.74) is -0.907. The molecular weight excluding hydrogens is 180 g/mol. The minimum atomic E-state index is -0.907. The first-order valence-electron chi connectivity index (χ1n) is 4.79. The van der Waals surface area contributed by atoms with E-state index in [1.165, 1.54) is 13.0 Å². The first kappa shape index (κ1) is 10.8. The number of hydrogen-bond acceptors (Lipinski definition) is 3. The second-order valence-corrected chi connectivity index (χ2v) is 3.65. The Morgan fingerprint density at radius 1 is 1.64 bits per heavy atom. The van der Waals surface area contributed by atoms with Crippen molar-refractivity contribution in [1.82, 2.24) is 0 Å². The molecule has 1 atom stereocenters. The van der Waals surface area contributed by atoms with E-state index in [-0.39, 0.29) is 18.0 Å². The van der Waals surface area contributed by atoms with E-state index in [0.717, 1.165) is 12.7 Å². The van der Waals surface area contributed by atoms with Crippen molar-refractivity contribution in [2.75, 3.05) is 0 Å². The first-order chi connectivity index (χ1) is 6.63. The van der Waals surface area contributed by atoms with Gasteiger partial charge >= 0.3 is 0 Å². The van der Waals surface area contributed by atoms with Crippen LogP contribution in [0.1, 0.15) is 32.6 Å². The van der Waals surface area contributed by atoms with Crippen LogP contribution in [-0.2, 0) is 14.4 Å². The summed E-state index contributed by atoms with van der Waals surface area (Å²) >= 11 is 0. The van der Waals surface area contributed by atoms with E-state index in [9.17, 15) is 14.4 Å². The summed E-state index contributed by atoms with van der Waals surface area (Å²) in [6.45, 7) is 1.43. The van der Waals surface area contributed by atoms with E-state index in [0.29, 0.717) is 12.8 Å². The molecule has 0 aliphatic heterocycles. The summed E-state index contributed by atoms with van der Waals surface area (Å²) in [5, 5.41) is 0. The number of carbonyl (C=O) groups excluding carboxylic acids is 3. The fourth-order valence-electron chi connectivity index (χ4n) is 1.88. The van der Waals surface area contributed by atoms with Gasteiger partial charge in [0, 0.05) is 6.42 Å². The second kappa shape index (κ2) is 4.31. The Bertz CT molecular complexity index is 291. The van der Waals surface area contributed by atoms with Gasteiger partial charge in [-0.25, -0.2) is 0 Å². The van der Waals surface area contributed by atoms with Crippen molar-refractivity contribution >= 4 is 17.9 Å². The number of aldehydes is 1. The monoisotopic (exact) mass is 194 g/mol. The maximum absolute atomic E-state index is 11.6. The molecule has 1 aliphatic rings. The number of Topliss-reactive ketones (excluding diaryl/α,β-unsaturated/α-hetero) is 1. The molecule has 0 amide bonds. The lowest BCUT2D eigenvalue weighted by Crippen LogP contribution is -2.38. The van der Waals surface area contributed by atoms with Crippen LogP contribution in [0, 0.1) is 5.41 Å². The molecule has 0 saturated carbocycles. The molecular formula is C11H14O3. The van der Waals surface area contributed by atoms with Crippen LogP contribution in [0.3, 0.4) is 0 Å². The van der Waals surface area contributed by atoms with Crippen LogP contribution in [0.5, 0.6) is 0 Å². The zero-order valence-electron chi connectivity index (χ0n) is 8.29. The molecule has 0 aromatic heterocycles. The van der Waals surface area contributed by atoms with Gasteiger partial charge in [0.2, 0.25) is 0 Å². The molecule has 14 heavy (non-hydrogen) atoms. The maximum atomic E-state index is 11.6. The Labute approximate surface area is 83.2 Å². The normalized spacial score (nSPS) is 26.2. The lowest BCUT2D eigenvalue weighted by Gasteiger charge is -2.29. The van der Waals surface area contributed by atoms with Crippen molar-refractivity contribution < 1.29 is 14.4 Å². The summed E-state index contributed by atoms with van der Waals surface area (Å²) in [7, 11) is 0. The van der Waals surface area contributed by atoms with Gasteiger partial charge in [-0.1, -0.05) is 6.08 Å². The fourth-order valence-corrected chi connectivity index (χ4v) is 1.88. The number of carbonyl (C=O) groups is 3. The summed E-state index contributed by atoms with van der Waals surface area (Å²) in [4.78, 5) is 33.4. The smallest absolute Gasteiger partial charge is 0.168 e. The Hall–Kier alpha value is -1.25. The van der Waals surface area contributed by atoms with Gasteiger partial charge in [0.25, 0.3) is 0 Å². The van der Waals surface area contributed by atoms with Crippen LogP contribution in [0.25, 0.3) is 0 Å². The lowest BCUT2D eigenvalue weighted by atomic mass is 9.70. The largest absolute Gasteiger partial charge is 0.303 e. The van der Waals surface area contributed by atoms with Gasteiger partial charge in [-0.2, -0.15) is 0 Å². The highest BCUT2D eigenvalue weighted by molar-refractivity contribution is 6.11. The molecule has 0 bridgehead atoms. The standard InChI is InChI=1S/C11H14O3/c1-9(13)11(7-4-8-12)6-3-2-5-10(11)14/h2,5,8H,3-4,6-7H2,1H3. The van der Waals surface area contributed by atoms with Gasteiger partial charge in [-0.3, -0.25) is 9.59 Å². The topological polar surface area (TPSA) is 51.2 Å². The second-order valence-electron chi connectivity index (χ2n) is 3.65. The third-order valence-corrected chi connectivity index (χ3v) is 2.84. The van der Waals surface area contributed by atoms with Gasteiger partial charge in [0.05, 0.1) is 5.41 Å². The van der Waals surface area contributed by atoms with Gasteiger partial charge in [-0.05, 0) is 32.3 Å². The number of hydrogen-bond donors (Lipinski definition) is 0. The molecule has 0 fully saturated rings. The van der Waals surface area contributed by atoms with Crippen molar-refractivity contribution in [1.29, 1.82) is 0 Å². The number of ketones is 2. The van der Waals surface area contributed by atoms with E-state index < -0.39 is 5.41 Å². The van der Waals surface area contributed by atoms with Crippen LogP contribution >= 0.6 is 0 Å². The molecule has 1 unspecified atom stereocenters. The molecule has 1 rings (SSSR count). The first-order valence-corrected chi connectivity index (χ1v) is 4.79. The van der Waals surface area contributed by atoms with Crippen LogP contribution in [0.15, 0.2) is 12.2 Å². The average molecular weight is 194 g/mol. The van der Waals surface area contributed by atoms with Crippen molar-refractivity contribution in [3.63, 3.8) is 0 Å². The summed E-state index contributed by atoms with van der Waals surface area (Å²) in [5.74, 6) is -0.258. The van der Waals surface area contributed by atoms with Crippen LogP contribution in [0.2, 0.25) is 0 Å². The third-order valence-electron chi connectivity index (χ3n) is 2.84. The van der Waals surface area contributed by atoms with E-state index in [4.69, 9.17) is 0 Å². The predicted octanol–water partition coefficient (Wildman–Crippen LogP) is 1.46. The van der Waals surface area contributed by atoms with E-state index in [1.807, 2.05) is 0 Å². The molecule has 1 aliphatic carbocycles. The van der Waals surface area contributed by atoms with Crippen LogP contribution in [0.4, 0.5) is 0 Å². The molecule has 0 aromatic rings. The van der Waals surface area contributed by atoms with Crippen molar-refractivity contribution in [2.45, 2.75) is 32.6 Å². The van der Waals surface area contributed by atoms with E-state index in [1.54, 1.807) is 6.08 Å². The number of rotatable bonds is 4. The van der Waals surface area contributed by atoms with Gasteiger partial charge in [0.1, 0.15) is 12.1 Å². The molecule has 0 radical (unpaired) electrons.